The van der Waals surface area contributed by atoms with Crippen LogP contribution in [-0.2, 0) is 0 Å². The summed E-state index contributed by atoms with van der Waals surface area (Å²) < 4.78 is 0. The number of nitrogens with zero attached hydrogens (tertiary/aromatic N) is 1. The van der Waals surface area contributed by atoms with E-state index in [2.05, 4.69) is 11.6 Å². The number of benzene rings is 1. The van der Waals surface area contributed by atoms with Crippen LogP contribution in [0, 0.1) is 0 Å². The van der Waals surface area contributed by atoms with Gasteiger partial charge in [0.25, 0.3) is 0 Å². The first kappa shape index (κ1) is 10.3. The van der Waals surface area contributed by atoms with Gasteiger partial charge in [-0.25, -0.2) is 0 Å². The van der Waals surface area contributed by atoms with Crippen LogP contribution in [0.2, 0.25) is 0 Å². The van der Waals surface area contributed by atoms with Crippen LogP contribution in [0.15, 0.2) is 49.2 Å². The third-order valence-electron chi connectivity index (χ3n) is 2.37. The third-order valence-corrected chi connectivity index (χ3v) is 2.37. The average Bonchev–Trinajstić information content (AvgIpc) is 2.39. The second kappa shape index (κ2) is 4.53. The van der Waals surface area contributed by atoms with Crippen molar-refractivity contribution in [2.24, 2.45) is 0 Å². The molecule has 0 atom stereocenters. The molecule has 0 amide bonds. The molecule has 2 rings (SSSR count). The first-order chi connectivity index (χ1) is 7.85. The molecule has 78 valence electrons. The summed E-state index contributed by atoms with van der Waals surface area (Å²) in [4.78, 5) is 15.0. The Kier molecular flexibility index (Phi) is 2.92. The highest BCUT2D eigenvalue weighted by Gasteiger charge is 2.04. The maximum Gasteiger partial charge on any atom is 0.150 e. The summed E-state index contributed by atoms with van der Waals surface area (Å²) in [5.41, 5.74) is 3.40. The quantitative estimate of drug-likeness (QED) is 0.726. The monoisotopic (exact) mass is 209 g/mol. The summed E-state index contributed by atoms with van der Waals surface area (Å²) in [6.07, 6.45) is 4.33. The lowest BCUT2D eigenvalue weighted by Gasteiger charge is -2.05. The number of hydrogen-bond donors (Lipinski definition) is 0. The van der Waals surface area contributed by atoms with E-state index in [9.17, 15) is 4.79 Å². The highest BCUT2D eigenvalue weighted by molar-refractivity contribution is 5.82. The maximum atomic E-state index is 10.7. The lowest BCUT2D eigenvalue weighted by molar-refractivity contribution is 0.112. The Hall–Kier alpha value is -2.22. The highest BCUT2D eigenvalue weighted by Crippen LogP contribution is 2.23. The Balaban J connectivity index is 2.62. The second-order valence-electron chi connectivity index (χ2n) is 3.38. The molecule has 0 aliphatic heterocycles. The SMILES string of the molecule is C=Cc1ccc(C=O)cc1-c1ccccn1. The van der Waals surface area contributed by atoms with Gasteiger partial charge in [-0.3, -0.25) is 9.78 Å². The van der Waals surface area contributed by atoms with E-state index in [1.807, 2.05) is 30.3 Å². The summed E-state index contributed by atoms with van der Waals surface area (Å²) in [6, 6.07) is 11.2. The van der Waals surface area contributed by atoms with E-state index in [-0.39, 0.29) is 0 Å². The molecule has 0 aliphatic rings. The summed E-state index contributed by atoms with van der Waals surface area (Å²) in [5, 5.41) is 0. The minimum Gasteiger partial charge on any atom is -0.298 e. The van der Waals surface area contributed by atoms with E-state index in [4.69, 9.17) is 0 Å². The molecule has 0 saturated carbocycles. The zero-order chi connectivity index (χ0) is 11.4. The highest BCUT2D eigenvalue weighted by atomic mass is 16.1. The molecule has 1 heterocycles. The van der Waals surface area contributed by atoms with Crippen molar-refractivity contribution in [2.75, 3.05) is 0 Å². The fourth-order valence-corrected chi connectivity index (χ4v) is 1.57. The van der Waals surface area contributed by atoms with Crippen molar-refractivity contribution in [3.8, 4) is 11.3 Å². The predicted octanol–water partition coefficient (Wildman–Crippen LogP) is 3.20. The number of carbonyl (C=O) groups excluding carboxylic acids is 1. The van der Waals surface area contributed by atoms with Crippen LogP contribution in [0.4, 0.5) is 0 Å². The molecule has 0 bridgehead atoms. The number of rotatable bonds is 3. The van der Waals surface area contributed by atoms with E-state index in [1.54, 1.807) is 18.3 Å². The van der Waals surface area contributed by atoms with Crippen LogP contribution < -0.4 is 0 Å². The van der Waals surface area contributed by atoms with Crippen molar-refractivity contribution in [3.05, 3.63) is 60.3 Å². The number of aldehydes is 1. The molecular weight excluding hydrogens is 198 g/mol. The van der Waals surface area contributed by atoms with E-state index < -0.39 is 0 Å². The molecule has 0 fully saturated rings. The fraction of sp³-hybridized carbons (Fsp3) is 0. The van der Waals surface area contributed by atoms with Crippen molar-refractivity contribution < 1.29 is 4.79 Å². The number of hydrogen-bond acceptors (Lipinski definition) is 2. The molecule has 1 aromatic carbocycles. The van der Waals surface area contributed by atoms with Gasteiger partial charge in [-0.15, -0.1) is 0 Å². The van der Waals surface area contributed by atoms with Gasteiger partial charge in [0.2, 0.25) is 0 Å². The van der Waals surface area contributed by atoms with Gasteiger partial charge in [-0.1, -0.05) is 30.9 Å². The summed E-state index contributed by atoms with van der Waals surface area (Å²) in [6.45, 7) is 3.76. The van der Waals surface area contributed by atoms with Crippen LogP contribution in [0.5, 0.6) is 0 Å². The van der Waals surface area contributed by atoms with Gasteiger partial charge in [-0.2, -0.15) is 0 Å². The summed E-state index contributed by atoms with van der Waals surface area (Å²) >= 11 is 0. The topological polar surface area (TPSA) is 30.0 Å². The predicted molar refractivity (Wildman–Crippen MR) is 65.2 cm³/mol. The number of carbonyl (C=O) groups is 1. The Bertz CT molecular complexity index is 518. The van der Waals surface area contributed by atoms with Gasteiger partial charge in [0.05, 0.1) is 5.69 Å². The fourth-order valence-electron chi connectivity index (χ4n) is 1.57. The summed E-state index contributed by atoms with van der Waals surface area (Å²) in [7, 11) is 0. The molecule has 16 heavy (non-hydrogen) atoms. The number of aromatic nitrogens is 1. The van der Waals surface area contributed by atoms with Crippen molar-refractivity contribution >= 4 is 12.4 Å². The van der Waals surface area contributed by atoms with E-state index in [0.29, 0.717) is 5.56 Å². The molecule has 0 spiro atoms. The lowest BCUT2D eigenvalue weighted by atomic mass is 10.0. The van der Waals surface area contributed by atoms with Crippen molar-refractivity contribution in [3.63, 3.8) is 0 Å². The minimum atomic E-state index is 0.645. The van der Waals surface area contributed by atoms with Crippen molar-refractivity contribution in [1.82, 2.24) is 4.98 Å². The zero-order valence-corrected chi connectivity index (χ0v) is 8.76. The van der Waals surface area contributed by atoms with Crippen LogP contribution in [0.3, 0.4) is 0 Å². The number of pyridine rings is 1. The molecule has 1 aromatic heterocycles. The van der Waals surface area contributed by atoms with Gasteiger partial charge in [0, 0.05) is 17.3 Å². The van der Waals surface area contributed by atoms with Gasteiger partial charge >= 0.3 is 0 Å². The average molecular weight is 209 g/mol. The van der Waals surface area contributed by atoms with Gasteiger partial charge in [-0.05, 0) is 23.8 Å². The molecule has 2 aromatic rings. The van der Waals surface area contributed by atoms with Gasteiger partial charge < -0.3 is 0 Å². The Morgan fingerprint density at radius 3 is 2.69 bits per heavy atom. The smallest absolute Gasteiger partial charge is 0.150 e. The molecule has 0 radical (unpaired) electrons. The zero-order valence-electron chi connectivity index (χ0n) is 8.76. The maximum absolute atomic E-state index is 10.7. The normalized spacial score (nSPS) is 9.75. The van der Waals surface area contributed by atoms with Crippen molar-refractivity contribution in [1.29, 1.82) is 0 Å². The Morgan fingerprint density at radius 1 is 1.19 bits per heavy atom. The van der Waals surface area contributed by atoms with Crippen LogP contribution in [0.1, 0.15) is 15.9 Å². The molecule has 0 N–H and O–H groups in total. The van der Waals surface area contributed by atoms with Crippen LogP contribution >= 0.6 is 0 Å². The van der Waals surface area contributed by atoms with E-state index in [1.165, 1.54) is 0 Å². The third kappa shape index (κ3) is 1.91. The largest absolute Gasteiger partial charge is 0.298 e. The molecule has 2 nitrogen and oxygen atoms in total. The second-order valence-corrected chi connectivity index (χ2v) is 3.38. The minimum absolute atomic E-state index is 0.645. The van der Waals surface area contributed by atoms with E-state index in [0.717, 1.165) is 23.1 Å². The standard InChI is InChI=1S/C14H11NO/c1-2-12-7-6-11(10-16)9-13(12)14-5-3-4-8-15-14/h2-10H,1H2. The Morgan fingerprint density at radius 2 is 2.06 bits per heavy atom. The Labute approximate surface area is 94.3 Å². The van der Waals surface area contributed by atoms with Crippen molar-refractivity contribution in [2.45, 2.75) is 0 Å². The lowest BCUT2D eigenvalue weighted by Crippen LogP contribution is -1.89. The molecule has 0 unspecified atom stereocenters. The van der Waals surface area contributed by atoms with E-state index >= 15 is 0 Å². The molecule has 0 aliphatic carbocycles. The van der Waals surface area contributed by atoms with Gasteiger partial charge in [0.15, 0.2) is 0 Å². The van der Waals surface area contributed by atoms with Gasteiger partial charge in [0.1, 0.15) is 6.29 Å². The molecular formula is C14H11NO. The first-order valence-corrected chi connectivity index (χ1v) is 4.98. The molecule has 0 saturated heterocycles. The van der Waals surface area contributed by atoms with Crippen LogP contribution in [-0.4, -0.2) is 11.3 Å². The van der Waals surface area contributed by atoms with Crippen LogP contribution in [0.25, 0.3) is 17.3 Å². The first-order valence-electron chi connectivity index (χ1n) is 4.98. The summed E-state index contributed by atoms with van der Waals surface area (Å²) in [5.74, 6) is 0. The molecule has 2 heteroatoms.